The highest BCUT2D eigenvalue weighted by atomic mass is 35.5. The highest BCUT2D eigenvalue weighted by molar-refractivity contribution is 7.99. The van der Waals surface area contributed by atoms with Crippen LogP contribution < -0.4 is 0 Å². The molecule has 0 aliphatic heterocycles. The Labute approximate surface area is 181 Å². The second-order valence-electron chi connectivity index (χ2n) is 9.24. The highest BCUT2D eigenvalue weighted by Crippen LogP contribution is 2.58. The molecule has 6 rings (SSSR count). The minimum atomic E-state index is 0.0287. The Morgan fingerprint density at radius 2 is 1.79 bits per heavy atom. The van der Waals surface area contributed by atoms with Crippen LogP contribution >= 0.6 is 23.4 Å². The molecule has 0 spiro atoms. The van der Waals surface area contributed by atoms with Gasteiger partial charge in [-0.3, -0.25) is 9.89 Å². The zero-order valence-corrected chi connectivity index (χ0v) is 18.3. The number of rotatable bonds is 6. The Kier molecular flexibility index (Phi) is 5.11. The van der Waals surface area contributed by atoms with Crippen LogP contribution in [0.1, 0.15) is 49.9 Å². The van der Waals surface area contributed by atoms with Crippen LogP contribution in [0.3, 0.4) is 0 Å². The fourth-order valence-electron chi connectivity index (χ4n) is 6.28. The number of carbonyl (C=O) groups excluding carboxylic acids is 1. The molecule has 1 aromatic heterocycles. The zero-order chi connectivity index (χ0) is 20.0. The average molecular weight is 431 g/mol. The Hall–Kier alpha value is -1.53. The van der Waals surface area contributed by atoms with Crippen LogP contribution in [-0.2, 0) is 11.3 Å². The molecule has 2 aromatic rings. The molecule has 29 heavy (non-hydrogen) atoms. The van der Waals surface area contributed by atoms with E-state index >= 15 is 0 Å². The summed E-state index contributed by atoms with van der Waals surface area (Å²) < 4.78 is 0. The van der Waals surface area contributed by atoms with E-state index < -0.39 is 0 Å². The van der Waals surface area contributed by atoms with Crippen molar-refractivity contribution in [3.05, 3.63) is 40.7 Å². The van der Waals surface area contributed by atoms with Crippen molar-refractivity contribution in [3.8, 4) is 0 Å². The normalized spacial score (nSPS) is 29.9. The minimum Gasteiger partial charge on any atom is -0.332 e. The molecule has 7 heteroatoms. The monoisotopic (exact) mass is 430 g/mol. The number of aromatic nitrogens is 3. The highest BCUT2D eigenvalue weighted by Gasteiger charge is 2.54. The first-order valence-electron chi connectivity index (χ1n) is 10.6. The van der Waals surface area contributed by atoms with E-state index in [1.807, 2.05) is 19.1 Å². The van der Waals surface area contributed by atoms with Gasteiger partial charge in [0, 0.05) is 17.1 Å². The van der Waals surface area contributed by atoms with E-state index in [4.69, 9.17) is 11.6 Å². The molecule has 4 fully saturated rings. The number of aryl methyl sites for hydroxylation is 1. The second kappa shape index (κ2) is 7.62. The van der Waals surface area contributed by atoms with Gasteiger partial charge in [-0.25, -0.2) is 4.98 Å². The first-order chi connectivity index (χ1) is 14.0. The predicted molar refractivity (Wildman–Crippen MR) is 115 cm³/mol. The lowest BCUT2D eigenvalue weighted by Crippen LogP contribution is -2.61. The van der Waals surface area contributed by atoms with E-state index in [2.05, 4.69) is 32.2 Å². The van der Waals surface area contributed by atoms with Crippen LogP contribution in [0.4, 0.5) is 0 Å². The summed E-state index contributed by atoms with van der Waals surface area (Å²) in [4.78, 5) is 20.1. The topological polar surface area (TPSA) is 61.9 Å². The Morgan fingerprint density at radius 3 is 2.34 bits per heavy atom. The molecule has 1 aromatic carbocycles. The maximum absolute atomic E-state index is 13.5. The number of carbonyl (C=O) groups is 1. The van der Waals surface area contributed by atoms with Gasteiger partial charge >= 0.3 is 0 Å². The first-order valence-corrected chi connectivity index (χ1v) is 11.9. The minimum absolute atomic E-state index is 0.0287. The van der Waals surface area contributed by atoms with Crippen molar-refractivity contribution >= 4 is 29.3 Å². The van der Waals surface area contributed by atoms with Gasteiger partial charge in [-0.05, 0) is 80.9 Å². The molecule has 5 nitrogen and oxygen atoms in total. The largest absolute Gasteiger partial charge is 0.332 e. The third-order valence-electron chi connectivity index (χ3n) is 7.03. The third kappa shape index (κ3) is 3.93. The number of aromatic amines is 1. The second-order valence-corrected chi connectivity index (χ2v) is 10.6. The number of hydrogen-bond acceptors (Lipinski definition) is 4. The summed E-state index contributed by atoms with van der Waals surface area (Å²) in [5, 5.41) is 8.41. The van der Waals surface area contributed by atoms with Gasteiger partial charge in [-0.2, -0.15) is 0 Å². The van der Waals surface area contributed by atoms with Gasteiger partial charge < -0.3 is 4.90 Å². The molecule has 4 aliphatic carbocycles. The van der Waals surface area contributed by atoms with Crippen molar-refractivity contribution in [3.63, 3.8) is 0 Å². The van der Waals surface area contributed by atoms with Crippen LogP contribution in [0.2, 0.25) is 5.02 Å². The van der Waals surface area contributed by atoms with Gasteiger partial charge in [0.25, 0.3) is 0 Å². The SMILES string of the molecule is Cc1nc(SCC(=O)N(Cc2ccc(Cl)cc2)C23CC4CC(CC(C4)C2)C3)n[nH]1. The lowest BCUT2D eigenvalue weighted by Gasteiger charge is -2.60. The standard InChI is InChI=1S/C22H27ClN4OS/c1-14-24-21(26-25-14)29-13-20(28)27(12-15-2-4-19(23)5-3-15)22-9-16-6-17(10-22)8-18(7-16)11-22/h2-5,16-18H,6-13H2,1H3,(H,24,25,26). The van der Waals surface area contributed by atoms with Crippen molar-refractivity contribution in [2.75, 3.05) is 5.75 Å². The Bertz CT molecular complexity index is 861. The summed E-state index contributed by atoms with van der Waals surface area (Å²) in [7, 11) is 0. The van der Waals surface area contributed by atoms with E-state index in [9.17, 15) is 4.79 Å². The van der Waals surface area contributed by atoms with Crippen molar-refractivity contribution in [2.45, 2.75) is 62.7 Å². The lowest BCUT2D eigenvalue weighted by molar-refractivity contribution is -0.149. The predicted octanol–water partition coefficient (Wildman–Crippen LogP) is 4.86. The van der Waals surface area contributed by atoms with Crippen LogP contribution in [0.15, 0.2) is 29.4 Å². The maximum atomic E-state index is 13.5. The molecule has 1 amide bonds. The maximum Gasteiger partial charge on any atom is 0.233 e. The van der Waals surface area contributed by atoms with Crippen molar-refractivity contribution in [2.24, 2.45) is 17.8 Å². The van der Waals surface area contributed by atoms with Crippen LogP contribution in [0, 0.1) is 24.7 Å². The molecule has 4 bridgehead atoms. The molecule has 0 atom stereocenters. The smallest absolute Gasteiger partial charge is 0.233 e. The lowest BCUT2D eigenvalue weighted by atomic mass is 9.52. The summed E-state index contributed by atoms with van der Waals surface area (Å²) in [6.45, 7) is 2.54. The van der Waals surface area contributed by atoms with Crippen LogP contribution in [-0.4, -0.2) is 37.3 Å². The van der Waals surface area contributed by atoms with Gasteiger partial charge in [0.05, 0.1) is 5.75 Å². The van der Waals surface area contributed by atoms with Gasteiger partial charge in [-0.15, -0.1) is 5.10 Å². The molecule has 0 unspecified atom stereocenters. The van der Waals surface area contributed by atoms with E-state index in [-0.39, 0.29) is 11.4 Å². The van der Waals surface area contributed by atoms with Crippen molar-refractivity contribution in [1.82, 2.24) is 20.1 Å². The van der Waals surface area contributed by atoms with E-state index in [1.165, 1.54) is 50.3 Å². The van der Waals surface area contributed by atoms with E-state index in [1.54, 1.807) is 0 Å². The number of nitrogens with one attached hydrogen (secondary N) is 1. The fourth-order valence-corrected chi connectivity index (χ4v) is 7.13. The van der Waals surface area contributed by atoms with Gasteiger partial charge in [0.15, 0.2) is 0 Å². The van der Waals surface area contributed by atoms with Crippen LogP contribution in [0.25, 0.3) is 0 Å². The summed E-state index contributed by atoms with van der Waals surface area (Å²) in [6.07, 6.45) is 7.61. The molecule has 1 heterocycles. The molecule has 4 saturated carbocycles. The van der Waals surface area contributed by atoms with Gasteiger partial charge in [0.2, 0.25) is 11.1 Å². The molecule has 0 radical (unpaired) electrons. The number of thioether (sulfide) groups is 1. The summed E-state index contributed by atoms with van der Waals surface area (Å²) in [5.41, 5.74) is 1.18. The molecule has 0 saturated heterocycles. The van der Waals surface area contributed by atoms with Crippen LogP contribution in [0.5, 0.6) is 0 Å². The molecule has 4 aliphatic rings. The number of halogens is 1. The van der Waals surface area contributed by atoms with Gasteiger partial charge in [-0.1, -0.05) is 35.5 Å². The first kappa shape index (κ1) is 19.4. The molecular formula is C22H27ClN4OS. The number of hydrogen-bond donors (Lipinski definition) is 1. The number of H-pyrrole nitrogens is 1. The molecule has 1 N–H and O–H groups in total. The summed E-state index contributed by atoms with van der Waals surface area (Å²) >= 11 is 7.51. The van der Waals surface area contributed by atoms with Crippen molar-refractivity contribution < 1.29 is 4.79 Å². The summed E-state index contributed by atoms with van der Waals surface area (Å²) in [5.74, 6) is 3.75. The summed E-state index contributed by atoms with van der Waals surface area (Å²) in [6, 6.07) is 7.94. The Balaban J connectivity index is 1.39. The van der Waals surface area contributed by atoms with Crippen molar-refractivity contribution in [1.29, 1.82) is 0 Å². The van der Waals surface area contributed by atoms with E-state index in [0.717, 1.165) is 34.2 Å². The number of amides is 1. The quantitative estimate of drug-likeness (QED) is 0.665. The average Bonchev–Trinajstić information content (AvgIpc) is 3.10. The number of benzene rings is 1. The fraction of sp³-hybridized carbons (Fsp3) is 0.591. The van der Waals surface area contributed by atoms with Gasteiger partial charge in [0.1, 0.15) is 5.82 Å². The Morgan fingerprint density at radius 1 is 1.17 bits per heavy atom. The third-order valence-corrected chi connectivity index (χ3v) is 8.12. The van der Waals surface area contributed by atoms with E-state index in [0.29, 0.717) is 17.5 Å². The number of nitrogens with zero attached hydrogens (tertiary/aromatic N) is 3. The molecular weight excluding hydrogens is 404 g/mol. The molecule has 154 valence electrons. The zero-order valence-electron chi connectivity index (χ0n) is 16.7.